The number of oxime groups is 1. The van der Waals surface area contributed by atoms with E-state index in [0.29, 0.717) is 18.7 Å². The van der Waals surface area contributed by atoms with Crippen molar-refractivity contribution in [1.82, 2.24) is 4.90 Å². The fourth-order valence-electron chi connectivity index (χ4n) is 1.96. The summed E-state index contributed by atoms with van der Waals surface area (Å²) >= 11 is 7.43. The molecule has 1 aromatic heterocycles. The second-order valence-electron chi connectivity index (χ2n) is 4.56. The highest BCUT2D eigenvalue weighted by molar-refractivity contribution is 7.16. The Morgan fingerprint density at radius 1 is 1.32 bits per heavy atom. The number of amides is 1. The molecular formula is C16H17ClN2O2S. The SMILES string of the molecule is CCN(Cc1ccc(Cl)s1)C(=O)c1ccc(/C=N/OC)cc1. The molecule has 1 amide bonds. The first-order chi connectivity index (χ1) is 10.6. The fraction of sp³-hybridized carbons (Fsp3) is 0.250. The molecule has 1 aromatic carbocycles. The van der Waals surface area contributed by atoms with Crippen LogP contribution in [0.5, 0.6) is 0 Å². The Hall–Kier alpha value is -1.85. The Balaban J connectivity index is 2.09. The molecular weight excluding hydrogens is 320 g/mol. The molecule has 0 aliphatic carbocycles. The molecule has 2 aromatic rings. The molecule has 2 rings (SSSR count). The first-order valence-corrected chi connectivity index (χ1v) is 8.03. The molecule has 0 fully saturated rings. The van der Waals surface area contributed by atoms with E-state index in [9.17, 15) is 4.79 Å². The fourth-order valence-corrected chi connectivity index (χ4v) is 3.06. The lowest BCUT2D eigenvalue weighted by atomic mass is 10.1. The molecule has 0 saturated heterocycles. The second kappa shape index (κ2) is 7.96. The van der Waals surface area contributed by atoms with Crippen LogP contribution in [0.15, 0.2) is 41.6 Å². The van der Waals surface area contributed by atoms with Crippen LogP contribution in [0.1, 0.15) is 27.7 Å². The first kappa shape index (κ1) is 16.5. The number of carbonyl (C=O) groups is 1. The van der Waals surface area contributed by atoms with Crippen LogP contribution in [0, 0.1) is 0 Å². The summed E-state index contributed by atoms with van der Waals surface area (Å²) in [4.78, 5) is 20.0. The van der Waals surface area contributed by atoms with E-state index in [4.69, 9.17) is 11.6 Å². The monoisotopic (exact) mass is 336 g/mol. The number of carbonyl (C=O) groups excluding carboxylic acids is 1. The van der Waals surface area contributed by atoms with Gasteiger partial charge in [0.1, 0.15) is 7.11 Å². The number of nitrogens with zero attached hydrogens (tertiary/aromatic N) is 2. The summed E-state index contributed by atoms with van der Waals surface area (Å²) in [5.74, 6) is 0.00209. The standard InChI is InChI=1S/C16H17ClN2O2S/c1-3-19(11-14-8-9-15(17)22-14)16(20)13-6-4-12(5-7-13)10-18-21-2/h4-10H,3,11H2,1-2H3/b18-10+. The van der Waals surface area contributed by atoms with Gasteiger partial charge in [0.05, 0.1) is 17.1 Å². The highest BCUT2D eigenvalue weighted by Crippen LogP contribution is 2.23. The Bertz CT molecular complexity index is 652. The number of hydrogen-bond acceptors (Lipinski definition) is 4. The summed E-state index contributed by atoms with van der Waals surface area (Å²) in [5.41, 5.74) is 1.53. The van der Waals surface area contributed by atoms with Crippen LogP contribution in [0.25, 0.3) is 0 Å². The zero-order chi connectivity index (χ0) is 15.9. The van der Waals surface area contributed by atoms with E-state index in [0.717, 1.165) is 14.8 Å². The summed E-state index contributed by atoms with van der Waals surface area (Å²) in [6.45, 7) is 3.17. The van der Waals surface area contributed by atoms with Crippen LogP contribution >= 0.6 is 22.9 Å². The lowest BCUT2D eigenvalue weighted by molar-refractivity contribution is 0.0754. The van der Waals surface area contributed by atoms with Gasteiger partial charge in [0.2, 0.25) is 0 Å². The maximum Gasteiger partial charge on any atom is 0.254 e. The Morgan fingerprint density at radius 2 is 2.05 bits per heavy atom. The average Bonchev–Trinajstić information content (AvgIpc) is 2.95. The van der Waals surface area contributed by atoms with E-state index in [1.807, 2.05) is 31.2 Å². The highest BCUT2D eigenvalue weighted by Gasteiger charge is 2.15. The van der Waals surface area contributed by atoms with Crippen molar-refractivity contribution >= 4 is 35.1 Å². The van der Waals surface area contributed by atoms with E-state index < -0.39 is 0 Å². The van der Waals surface area contributed by atoms with Gasteiger partial charge in [-0.05, 0) is 36.8 Å². The van der Waals surface area contributed by atoms with Crippen LogP contribution in [0.2, 0.25) is 4.34 Å². The third-order valence-corrected chi connectivity index (χ3v) is 4.33. The topological polar surface area (TPSA) is 41.9 Å². The average molecular weight is 337 g/mol. The lowest BCUT2D eigenvalue weighted by Crippen LogP contribution is -2.29. The Kier molecular flexibility index (Phi) is 5.98. The number of halogens is 1. The van der Waals surface area contributed by atoms with Crippen LogP contribution in [0.4, 0.5) is 0 Å². The van der Waals surface area contributed by atoms with Crippen LogP contribution in [-0.2, 0) is 11.4 Å². The van der Waals surface area contributed by atoms with E-state index in [-0.39, 0.29) is 5.91 Å². The van der Waals surface area contributed by atoms with Crippen LogP contribution < -0.4 is 0 Å². The number of thiophene rings is 1. The molecule has 0 atom stereocenters. The molecule has 1 heterocycles. The predicted octanol–water partition coefficient (Wildman–Crippen LogP) is 4.04. The van der Waals surface area contributed by atoms with Crippen molar-refractivity contribution < 1.29 is 9.63 Å². The smallest absolute Gasteiger partial charge is 0.254 e. The van der Waals surface area contributed by atoms with Crippen molar-refractivity contribution in [2.24, 2.45) is 5.16 Å². The third-order valence-electron chi connectivity index (χ3n) is 3.11. The van der Waals surface area contributed by atoms with Crippen molar-refractivity contribution in [3.05, 3.63) is 56.7 Å². The van der Waals surface area contributed by atoms with Gasteiger partial charge in [-0.3, -0.25) is 4.79 Å². The van der Waals surface area contributed by atoms with Crippen molar-refractivity contribution in [2.45, 2.75) is 13.5 Å². The van der Waals surface area contributed by atoms with E-state index in [2.05, 4.69) is 9.99 Å². The Labute approximate surface area is 139 Å². The normalized spacial score (nSPS) is 10.9. The van der Waals surface area contributed by atoms with Gasteiger partial charge in [0.25, 0.3) is 5.91 Å². The zero-order valence-corrected chi connectivity index (χ0v) is 14.0. The largest absolute Gasteiger partial charge is 0.399 e. The molecule has 0 bridgehead atoms. The summed E-state index contributed by atoms with van der Waals surface area (Å²) in [7, 11) is 1.49. The quantitative estimate of drug-likeness (QED) is 0.590. The van der Waals surface area contributed by atoms with E-state index >= 15 is 0 Å². The zero-order valence-electron chi connectivity index (χ0n) is 12.5. The molecule has 0 aliphatic rings. The minimum Gasteiger partial charge on any atom is -0.399 e. The maximum absolute atomic E-state index is 12.6. The molecule has 6 heteroatoms. The van der Waals surface area contributed by atoms with Gasteiger partial charge in [-0.15, -0.1) is 11.3 Å². The molecule has 22 heavy (non-hydrogen) atoms. The maximum atomic E-state index is 12.6. The van der Waals surface area contributed by atoms with Gasteiger partial charge in [0, 0.05) is 17.0 Å². The predicted molar refractivity (Wildman–Crippen MR) is 90.8 cm³/mol. The van der Waals surface area contributed by atoms with Gasteiger partial charge in [-0.1, -0.05) is 28.9 Å². The molecule has 0 spiro atoms. The summed E-state index contributed by atoms with van der Waals surface area (Å²) in [6, 6.07) is 11.1. The van der Waals surface area contributed by atoms with Gasteiger partial charge in [0.15, 0.2) is 0 Å². The Morgan fingerprint density at radius 3 is 2.59 bits per heavy atom. The number of rotatable bonds is 6. The molecule has 0 N–H and O–H groups in total. The lowest BCUT2D eigenvalue weighted by Gasteiger charge is -2.20. The highest BCUT2D eigenvalue weighted by atomic mass is 35.5. The summed E-state index contributed by atoms with van der Waals surface area (Å²) in [5, 5.41) is 3.69. The van der Waals surface area contributed by atoms with Crippen LogP contribution in [-0.4, -0.2) is 30.7 Å². The van der Waals surface area contributed by atoms with Crippen molar-refractivity contribution in [1.29, 1.82) is 0 Å². The minimum absolute atomic E-state index is 0.00209. The molecule has 116 valence electrons. The van der Waals surface area contributed by atoms with Gasteiger partial charge >= 0.3 is 0 Å². The summed E-state index contributed by atoms with van der Waals surface area (Å²) < 4.78 is 0.736. The number of hydrogen-bond donors (Lipinski definition) is 0. The van der Waals surface area contributed by atoms with Crippen molar-refractivity contribution in [3.63, 3.8) is 0 Å². The van der Waals surface area contributed by atoms with Gasteiger partial charge < -0.3 is 9.74 Å². The molecule has 0 radical (unpaired) electrons. The van der Waals surface area contributed by atoms with E-state index in [1.165, 1.54) is 18.4 Å². The van der Waals surface area contributed by atoms with Crippen molar-refractivity contribution in [3.8, 4) is 0 Å². The number of benzene rings is 1. The first-order valence-electron chi connectivity index (χ1n) is 6.84. The molecule has 0 unspecified atom stereocenters. The molecule has 0 saturated carbocycles. The molecule has 4 nitrogen and oxygen atoms in total. The third kappa shape index (κ3) is 4.32. The second-order valence-corrected chi connectivity index (χ2v) is 6.36. The van der Waals surface area contributed by atoms with Gasteiger partial charge in [-0.25, -0.2) is 0 Å². The van der Waals surface area contributed by atoms with Gasteiger partial charge in [-0.2, -0.15) is 0 Å². The van der Waals surface area contributed by atoms with E-state index in [1.54, 1.807) is 23.2 Å². The summed E-state index contributed by atoms with van der Waals surface area (Å²) in [6.07, 6.45) is 1.60. The minimum atomic E-state index is 0.00209. The molecule has 0 aliphatic heterocycles. The van der Waals surface area contributed by atoms with Crippen molar-refractivity contribution in [2.75, 3.05) is 13.7 Å². The van der Waals surface area contributed by atoms with Crippen LogP contribution in [0.3, 0.4) is 0 Å².